The number of esters is 1. The van der Waals surface area contributed by atoms with Gasteiger partial charge >= 0.3 is 11.9 Å². The number of nitrogens with two attached hydrogens (primary N) is 1. The molecular formula is C16H16N2O4. The lowest BCUT2D eigenvalue weighted by molar-refractivity contribution is 0.0600. The highest BCUT2D eigenvalue weighted by molar-refractivity contribution is 5.90. The van der Waals surface area contributed by atoms with E-state index < -0.39 is 11.9 Å². The molecule has 0 saturated carbocycles. The van der Waals surface area contributed by atoms with E-state index in [-0.39, 0.29) is 5.56 Å². The van der Waals surface area contributed by atoms with Crippen molar-refractivity contribution in [2.24, 2.45) is 0 Å². The Bertz CT molecular complexity index is 713. The summed E-state index contributed by atoms with van der Waals surface area (Å²) in [5.74, 6) is -1.43. The van der Waals surface area contributed by atoms with Crippen LogP contribution in [0.1, 0.15) is 26.3 Å². The number of methoxy groups -OCH3 is 1. The minimum absolute atomic E-state index is 0.207. The molecule has 0 aliphatic carbocycles. The van der Waals surface area contributed by atoms with Crippen LogP contribution in [-0.4, -0.2) is 24.2 Å². The lowest BCUT2D eigenvalue weighted by Gasteiger charge is -2.10. The van der Waals surface area contributed by atoms with Crippen LogP contribution in [0.5, 0.6) is 0 Å². The molecule has 0 radical (unpaired) electrons. The molecule has 0 spiro atoms. The fourth-order valence-corrected chi connectivity index (χ4v) is 1.96. The van der Waals surface area contributed by atoms with Gasteiger partial charge in [0.05, 0.1) is 18.2 Å². The zero-order chi connectivity index (χ0) is 16.1. The standard InChI is InChI=1S/C16H16N2O4/c1-22-16(21)11-5-6-12(14(17)8-11)9-18-13-4-2-3-10(7-13)15(19)20/h2-8,18H,9,17H2,1H3,(H,19,20). The summed E-state index contributed by atoms with van der Waals surface area (Å²) in [6.07, 6.45) is 0. The quantitative estimate of drug-likeness (QED) is 0.579. The smallest absolute Gasteiger partial charge is 0.337 e. The van der Waals surface area contributed by atoms with Crippen LogP contribution >= 0.6 is 0 Å². The number of anilines is 2. The van der Waals surface area contributed by atoms with Crippen LogP contribution in [-0.2, 0) is 11.3 Å². The Balaban J connectivity index is 2.10. The number of carboxylic acid groups (broad SMARTS) is 1. The van der Waals surface area contributed by atoms with E-state index in [1.165, 1.54) is 13.2 Å². The Morgan fingerprint density at radius 1 is 1.18 bits per heavy atom. The van der Waals surface area contributed by atoms with Gasteiger partial charge in [-0.3, -0.25) is 0 Å². The number of carbonyl (C=O) groups excluding carboxylic acids is 1. The third-order valence-corrected chi connectivity index (χ3v) is 3.16. The second-order valence-electron chi connectivity index (χ2n) is 4.64. The number of benzene rings is 2. The zero-order valence-corrected chi connectivity index (χ0v) is 12.0. The Labute approximate surface area is 127 Å². The Kier molecular flexibility index (Phi) is 4.63. The summed E-state index contributed by atoms with van der Waals surface area (Å²) in [6, 6.07) is 11.4. The van der Waals surface area contributed by atoms with Gasteiger partial charge in [0.1, 0.15) is 0 Å². The molecule has 114 valence electrons. The molecule has 2 aromatic rings. The van der Waals surface area contributed by atoms with Gasteiger partial charge in [-0.25, -0.2) is 9.59 Å². The van der Waals surface area contributed by atoms with Crippen LogP contribution in [0, 0.1) is 0 Å². The van der Waals surface area contributed by atoms with Gasteiger partial charge in [-0.05, 0) is 35.9 Å². The van der Waals surface area contributed by atoms with E-state index in [4.69, 9.17) is 10.8 Å². The van der Waals surface area contributed by atoms with Crippen molar-refractivity contribution in [1.82, 2.24) is 0 Å². The van der Waals surface area contributed by atoms with E-state index in [0.29, 0.717) is 23.5 Å². The molecule has 0 fully saturated rings. The average Bonchev–Trinajstić information content (AvgIpc) is 2.53. The van der Waals surface area contributed by atoms with Crippen molar-refractivity contribution < 1.29 is 19.4 Å². The molecule has 0 heterocycles. The SMILES string of the molecule is COC(=O)c1ccc(CNc2cccc(C(=O)O)c2)c(N)c1. The summed E-state index contributed by atoms with van der Waals surface area (Å²) >= 11 is 0. The normalized spacial score (nSPS) is 10.0. The maximum atomic E-state index is 11.4. The first-order valence-corrected chi connectivity index (χ1v) is 6.55. The van der Waals surface area contributed by atoms with Crippen LogP contribution in [0.25, 0.3) is 0 Å². The number of hydrogen-bond donors (Lipinski definition) is 3. The van der Waals surface area contributed by atoms with Crippen molar-refractivity contribution in [3.8, 4) is 0 Å². The third kappa shape index (κ3) is 3.54. The number of ether oxygens (including phenoxy) is 1. The molecule has 2 aromatic carbocycles. The van der Waals surface area contributed by atoms with Crippen molar-refractivity contribution in [2.75, 3.05) is 18.2 Å². The minimum Gasteiger partial charge on any atom is -0.478 e. The number of carboxylic acids is 1. The van der Waals surface area contributed by atoms with Crippen molar-refractivity contribution in [1.29, 1.82) is 0 Å². The van der Waals surface area contributed by atoms with E-state index >= 15 is 0 Å². The van der Waals surface area contributed by atoms with Crippen LogP contribution in [0.2, 0.25) is 0 Å². The first-order valence-electron chi connectivity index (χ1n) is 6.55. The van der Waals surface area contributed by atoms with Crippen molar-refractivity contribution in [3.05, 3.63) is 59.2 Å². The molecule has 0 unspecified atom stereocenters. The monoisotopic (exact) mass is 300 g/mol. The number of hydrogen-bond acceptors (Lipinski definition) is 5. The highest BCUT2D eigenvalue weighted by Crippen LogP contribution is 2.18. The van der Waals surface area contributed by atoms with E-state index in [1.807, 2.05) is 0 Å². The van der Waals surface area contributed by atoms with Gasteiger partial charge in [0.15, 0.2) is 0 Å². The molecule has 0 bridgehead atoms. The van der Waals surface area contributed by atoms with Gasteiger partial charge in [-0.15, -0.1) is 0 Å². The van der Waals surface area contributed by atoms with E-state index in [2.05, 4.69) is 10.1 Å². The molecule has 4 N–H and O–H groups in total. The Morgan fingerprint density at radius 2 is 1.95 bits per heavy atom. The van der Waals surface area contributed by atoms with Crippen LogP contribution in [0.4, 0.5) is 11.4 Å². The van der Waals surface area contributed by atoms with Gasteiger partial charge in [-0.1, -0.05) is 12.1 Å². The lowest BCUT2D eigenvalue weighted by atomic mass is 10.1. The van der Waals surface area contributed by atoms with Crippen molar-refractivity contribution in [3.63, 3.8) is 0 Å². The number of carbonyl (C=O) groups is 2. The van der Waals surface area contributed by atoms with E-state index in [1.54, 1.807) is 36.4 Å². The van der Waals surface area contributed by atoms with E-state index in [0.717, 1.165) is 5.56 Å². The molecule has 0 aliphatic heterocycles. The summed E-state index contributed by atoms with van der Waals surface area (Å²) in [6.45, 7) is 0.413. The first-order chi connectivity index (χ1) is 10.5. The zero-order valence-electron chi connectivity index (χ0n) is 12.0. The van der Waals surface area contributed by atoms with Gasteiger partial charge < -0.3 is 20.9 Å². The lowest BCUT2D eigenvalue weighted by Crippen LogP contribution is -2.07. The Hall–Kier alpha value is -3.02. The largest absolute Gasteiger partial charge is 0.478 e. The fraction of sp³-hybridized carbons (Fsp3) is 0.125. The average molecular weight is 300 g/mol. The molecule has 6 heteroatoms. The van der Waals surface area contributed by atoms with Gasteiger partial charge in [0.2, 0.25) is 0 Å². The highest BCUT2D eigenvalue weighted by Gasteiger charge is 2.08. The van der Waals surface area contributed by atoms with Gasteiger partial charge in [0.25, 0.3) is 0 Å². The molecule has 0 saturated heterocycles. The van der Waals surface area contributed by atoms with Gasteiger partial charge in [0, 0.05) is 17.9 Å². The minimum atomic E-state index is -0.981. The number of aromatic carboxylic acids is 1. The predicted octanol–water partition coefficient (Wildman–Crippen LogP) is 2.37. The number of nitrogens with one attached hydrogen (secondary N) is 1. The molecule has 0 amide bonds. The third-order valence-electron chi connectivity index (χ3n) is 3.16. The maximum absolute atomic E-state index is 11.4. The maximum Gasteiger partial charge on any atom is 0.337 e. The van der Waals surface area contributed by atoms with Crippen molar-refractivity contribution >= 4 is 23.3 Å². The van der Waals surface area contributed by atoms with Crippen LogP contribution in [0.15, 0.2) is 42.5 Å². The second-order valence-corrected chi connectivity index (χ2v) is 4.64. The fourth-order valence-electron chi connectivity index (χ4n) is 1.96. The summed E-state index contributed by atoms with van der Waals surface area (Å²) in [5, 5.41) is 12.1. The first kappa shape index (κ1) is 15.4. The molecule has 22 heavy (non-hydrogen) atoms. The van der Waals surface area contributed by atoms with Crippen LogP contribution in [0.3, 0.4) is 0 Å². The predicted molar refractivity (Wildman–Crippen MR) is 82.9 cm³/mol. The summed E-state index contributed by atoms with van der Waals surface area (Å²) in [5.41, 5.74) is 8.45. The van der Waals surface area contributed by atoms with E-state index in [9.17, 15) is 9.59 Å². The number of nitrogen functional groups attached to an aromatic ring is 1. The molecule has 2 rings (SSSR count). The topological polar surface area (TPSA) is 102 Å². The molecule has 0 aliphatic rings. The summed E-state index contributed by atoms with van der Waals surface area (Å²) < 4.78 is 4.63. The number of rotatable bonds is 5. The van der Waals surface area contributed by atoms with Crippen LogP contribution < -0.4 is 11.1 Å². The molecular weight excluding hydrogens is 284 g/mol. The summed E-state index contributed by atoms with van der Waals surface area (Å²) in [4.78, 5) is 22.3. The Morgan fingerprint density at radius 3 is 2.59 bits per heavy atom. The highest BCUT2D eigenvalue weighted by atomic mass is 16.5. The second kappa shape index (κ2) is 6.62. The molecule has 0 atom stereocenters. The van der Waals surface area contributed by atoms with Crippen molar-refractivity contribution in [2.45, 2.75) is 6.54 Å². The molecule has 0 aromatic heterocycles. The summed E-state index contributed by atoms with van der Waals surface area (Å²) in [7, 11) is 1.31. The van der Waals surface area contributed by atoms with Gasteiger partial charge in [-0.2, -0.15) is 0 Å². The molecule has 6 nitrogen and oxygen atoms in total.